The van der Waals surface area contributed by atoms with E-state index < -0.39 is 70.6 Å². The first-order chi connectivity index (χ1) is 57.4. The summed E-state index contributed by atoms with van der Waals surface area (Å²) >= 11 is 55.4. The molecule has 44 heteroatoms. The summed E-state index contributed by atoms with van der Waals surface area (Å²) in [6, 6.07) is 28.4. The van der Waals surface area contributed by atoms with Crippen LogP contribution < -0.4 is 42.5 Å². The van der Waals surface area contributed by atoms with E-state index in [0.29, 0.717) is 96.1 Å². The lowest BCUT2D eigenvalue weighted by Crippen LogP contribution is -2.31. The first kappa shape index (κ1) is 105. The Morgan fingerprint density at radius 1 is 0.341 bits per heavy atom. The minimum atomic E-state index is -4.82. The molecule has 0 aliphatic heterocycles. The summed E-state index contributed by atoms with van der Waals surface area (Å²) in [5.41, 5.74) is 0.449. The number of aryl methyl sites for hydroxylation is 4. The van der Waals surface area contributed by atoms with Crippen molar-refractivity contribution in [3.63, 3.8) is 0 Å². The molecule has 0 saturated heterocycles. The van der Waals surface area contributed by atoms with Crippen LogP contribution in [0.5, 0.6) is 0 Å². The van der Waals surface area contributed by atoms with Gasteiger partial charge in [-0.25, -0.2) is 38.7 Å². The van der Waals surface area contributed by atoms with E-state index in [1.807, 2.05) is 13.8 Å². The summed E-state index contributed by atoms with van der Waals surface area (Å²) in [5, 5.41) is 38.4. The van der Waals surface area contributed by atoms with E-state index in [1.165, 1.54) is 103 Å². The average Bonchev–Trinajstić information content (AvgIpc) is 1.55. The van der Waals surface area contributed by atoms with Crippen LogP contribution >= 0.6 is 125 Å². The Kier molecular flexibility index (Phi) is 38.0. The van der Waals surface area contributed by atoms with Gasteiger partial charge in [0.15, 0.2) is 34.7 Å². The van der Waals surface area contributed by atoms with Gasteiger partial charge in [0.2, 0.25) is 0 Å². The van der Waals surface area contributed by atoms with Gasteiger partial charge in [0, 0.05) is 95.3 Å². The largest absolute Gasteiger partial charge is 0.435 e. The molecule has 0 atom stereocenters. The number of alkyl halides is 6. The number of pyridine rings is 4. The molecular weight excluding hydrogens is 1950 g/mol. The topological polar surface area (TPSA) is 356 Å². The molecule has 0 fully saturated rings. The normalized spacial score (nSPS) is 10.8. The minimum Gasteiger partial charge on any atom is -0.355 e. The summed E-state index contributed by atoms with van der Waals surface area (Å²) in [6.07, 6.45) is -3.94. The van der Waals surface area contributed by atoms with Crippen molar-refractivity contribution in [2.45, 2.75) is 110 Å². The summed E-state index contributed by atoms with van der Waals surface area (Å²) in [6.45, 7) is 13.9. The number of nitrogens with zero attached hydrogens (tertiary/aromatic N) is 12. The van der Waals surface area contributed by atoms with E-state index in [-0.39, 0.29) is 130 Å². The van der Waals surface area contributed by atoms with Gasteiger partial charge in [-0.15, -0.1) is 0 Å². The molecule has 0 radical (unpaired) electrons. The Balaban J connectivity index is 0.000000295. The Hall–Kier alpha value is -11.1. The molecule has 0 spiro atoms. The van der Waals surface area contributed by atoms with E-state index in [1.54, 1.807) is 96.4 Å². The second-order valence-corrected chi connectivity index (χ2v) is 31.2. The number of halogens is 16. The molecule has 8 amide bonds. The Bertz CT molecular complexity index is 6070. The van der Waals surface area contributed by atoms with Gasteiger partial charge in [0.1, 0.15) is 32.0 Å². The predicted octanol–water partition coefficient (Wildman–Crippen LogP) is 21.6. The van der Waals surface area contributed by atoms with E-state index in [2.05, 4.69) is 115 Å². The van der Waals surface area contributed by atoms with E-state index in [9.17, 15) is 64.7 Å². The first-order valence-electron chi connectivity index (χ1n) is 35.2. The van der Waals surface area contributed by atoms with Crippen LogP contribution in [0, 0.1) is 27.7 Å². The van der Waals surface area contributed by atoms with Gasteiger partial charge in [-0.2, -0.15) is 46.7 Å². The lowest BCUT2D eigenvalue weighted by molar-refractivity contribution is -0.142. The molecule has 126 heavy (non-hydrogen) atoms. The zero-order valence-corrected chi connectivity index (χ0v) is 73.9. The second-order valence-electron chi connectivity index (χ2n) is 26.2. The van der Waals surface area contributed by atoms with Crippen LogP contribution in [0.15, 0.2) is 155 Å². The highest BCUT2D eigenvalue weighted by Crippen LogP contribution is 2.37. The van der Waals surface area contributed by atoms with Crippen molar-refractivity contribution in [2.24, 2.45) is 0 Å². The fourth-order valence-corrected chi connectivity index (χ4v) is 13.8. The molecule has 8 N–H and O–H groups in total. The number of hydrogen-bond donors (Lipinski definition) is 8. The number of rotatable bonds is 18. The Labute approximate surface area is 776 Å². The maximum atomic E-state index is 13.4. The number of benzene rings is 4. The van der Waals surface area contributed by atoms with Gasteiger partial charge in [0.05, 0.1) is 65.1 Å². The summed E-state index contributed by atoms with van der Waals surface area (Å²) in [4.78, 5) is 118. The number of anilines is 4. The minimum absolute atomic E-state index is 0. The quantitative estimate of drug-likeness (QED) is 0.0370. The molecule has 8 heterocycles. The van der Waals surface area contributed by atoms with Gasteiger partial charge >= 0.3 is 12.4 Å². The van der Waals surface area contributed by atoms with Crippen molar-refractivity contribution in [2.75, 3.05) is 35.4 Å². The smallest absolute Gasteiger partial charge is 0.355 e. The number of carbonyl (C=O) groups is 8. The molecule has 28 nitrogen and oxygen atoms in total. The average molecular weight is 2030 g/mol. The number of nitrogens with one attached hydrogen (secondary N) is 8. The molecule has 668 valence electrons. The van der Waals surface area contributed by atoms with Gasteiger partial charge in [-0.3, -0.25) is 38.4 Å². The van der Waals surface area contributed by atoms with Crippen LogP contribution in [-0.2, 0) is 12.4 Å². The lowest BCUT2D eigenvalue weighted by Gasteiger charge is -2.16. The van der Waals surface area contributed by atoms with Crippen LogP contribution in [0.4, 0.5) is 49.1 Å². The zero-order chi connectivity index (χ0) is 89.8. The Morgan fingerprint density at radius 2 is 0.563 bits per heavy atom. The molecule has 0 unspecified atom stereocenters. The van der Waals surface area contributed by atoms with Crippen molar-refractivity contribution < 1.29 is 64.7 Å². The molecule has 0 saturated carbocycles. The SMILES string of the molecule is C.C.C.C.CNC(=O)c1cc(Cl)cc(C)c1NC(=O)c1cc(Br)nn1-c1ncccc1Cl.CNC(=O)c1cc(Cl)cc(C)c1NC(=O)c1cc(C(F)(F)F)nn1-c1ncccc1Cl.Cc1cc(Cl)cc(C(=O)NC(C)C)c1NC(=O)c1cc(Br)nn1-c1ncccc1Cl.Cc1cc(Cl)cc(C(=O)NC(C)C)c1NC(=O)c1cc(C(F)(F)F)nn1-c1ncccc1Cl. The van der Waals surface area contributed by atoms with Gasteiger partial charge in [-0.05, 0) is 207 Å². The number of carbonyl (C=O) groups excluding carboxylic acids is 8. The van der Waals surface area contributed by atoms with E-state index >= 15 is 0 Å². The standard InChI is InChI=1S/C21H18Cl2F3N5O2.C20H18BrCl2N5O2.C19H14Cl2F3N5O2.C18H14BrCl2N5O2.4CH4/c1-10(2)28-19(32)13-8-12(22)7-11(3)17(13)29-20(33)15-9-16(21(24,25)26)30-31(15)18-14(23)5-4-6-27-18;1-10(2)25-19(29)13-8-12(22)7-11(3)17(13)26-20(30)15-9-16(21)27-28(15)18-14(23)5-4-6-24-18;1-9-6-10(20)7-11(17(30)25-2)15(9)27-18(31)13-8-14(19(22,23)24)28-29(13)16-12(21)4-3-5-26-16;1-9-6-10(20)7-11(17(27)22-2)15(9)24-18(28)13-8-14(19)25-26(13)16-12(21)4-3-5-23-16;;;;/h4-10H,1-3H3,(H,28,32)(H,29,33);4-10H,1-3H3,(H,25,29)(H,26,30);3-8H,1-2H3,(H,25,30)(H,27,31);3-8H,1-2H3,(H,22,27)(H,24,28);4*1H4. The van der Waals surface area contributed by atoms with Crippen molar-refractivity contribution in [1.29, 1.82) is 0 Å². The van der Waals surface area contributed by atoms with Crippen molar-refractivity contribution >= 4 is 195 Å². The molecular formula is C82H80Br2Cl8F6N20O8. The fourth-order valence-electron chi connectivity index (χ4n) is 11.2. The van der Waals surface area contributed by atoms with E-state index in [0.717, 1.165) is 0 Å². The fraction of sp³-hybridized carbons (Fsp3) is 0.220. The first-order valence-corrected chi connectivity index (χ1v) is 39.8. The maximum Gasteiger partial charge on any atom is 0.435 e. The number of aromatic nitrogens is 12. The molecule has 0 bridgehead atoms. The monoisotopic (exact) mass is 2020 g/mol. The highest BCUT2D eigenvalue weighted by Gasteiger charge is 2.39. The van der Waals surface area contributed by atoms with Crippen molar-refractivity contribution in [1.82, 2.24) is 80.3 Å². The molecule has 0 aliphatic carbocycles. The van der Waals surface area contributed by atoms with Crippen LogP contribution in [0.2, 0.25) is 40.2 Å². The summed E-state index contributed by atoms with van der Waals surface area (Å²) in [7, 11) is 2.89. The highest BCUT2D eigenvalue weighted by molar-refractivity contribution is 9.10. The van der Waals surface area contributed by atoms with Crippen LogP contribution in [0.25, 0.3) is 23.3 Å². The number of amides is 8. The molecule has 0 aliphatic rings. The Morgan fingerprint density at radius 3 is 0.778 bits per heavy atom. The highest BCUT2D eigenvalue weighted by atomic mass is 79.9. The third-order valence-corrected chi connectivity index (χ3v) is 19.3. The molecule has 4 aromatic carbocycles. The molecule has 12 aromatic rings. The van der Waals surface area contributed by atoms with Gasteiger partial charge in [-0.1, -0.05) is 123 Å². The summed E-state index contributed by atoms with van der Waals surface area (Å²) in [5.74, 6) is -4.37. The number of hydrogen-bond acceptors (Lipinski definition) is 16. The molecule has 12 rings (SSSR count). The third kappa shape index (κ3) is 26.1. The third-order valence-electron chi connectivity index (χ3n) is 16.5. The second kappa shape index (κ2) is 45.4. The lowest BCUT2D eigenvalue weighted by atomic mass is 10.1. The van der Waals surface area contributed by atoms with Crippen LogP contribution in [-0.4, -0.2) is 132 Å². The molecule has 8 aromatic heterocycles. The van der Waals surface area contributed by atoms with Crippen LogP contribution in [0.3, 0.4) is 0 Å². The predicted molar refractivity (Wildman–Crippen MR) is 486 cm³/mol. The van der Waals surface area contributed by atoms with Crippen molar-refractivity contribution in [3.05, 3.63) is 274 Å². The van der Waals surface area contributed by atoms with Gasteiger partial charge < -0.3 is 42.5 Å². The zero-order valence-electron chi connectivity index (χ0n) is 64.7. The van der Waals surface area contributed by atoms with Crippen LogP contribution in [0.1, 0.15) is 174 Å². The maximum absolute atomic E-state index is 13.4. The van der Waals surface area contributed by atoms with Gasteiger partial charge in [0.25, 0.3) is 47.3 Å². The van der Waals surface area contributed by atoms with Crippen molar-refractivity contribution in [3.8, 4) is 23.3 Å². The summed E-state index contributed by atoms with van der Waals surface area (Å²) < 4.78 is 84.9. The van der Waals surface area contributed by atoms with E-state index in [4.69, 9.17) is 92.8 Å².